The summed E-state index contributed by atoms with van der Waals surface area (Å²) < 4.78 is 22.9. The number of sulfone groups is 1. The minimum Gasteiger partial charge on any atom is -0.383 e. The molecule has 0 spiro atoms. The van der Waals surface area contributed by atoms with Gasteiger partial charge in [0.1, 0.15) is 5.84 Å². The molecular weight excluding hydrogens is 334 g/mol. The van der Waals surface area contributed by atoms with Crippen molar-refractivity contribution in [2.75, 3.05) is 25.3 Å². The van der Waals surface area contributed by atoms with Gasteiger partial charge in [0.15, 0.2) is 9.84 Å². The molecule has 0 heterocycles. The zero-order valence-corrected chi connectivity index (χ0v) is 14.7. The fourth-order valence-corrected chi connectivity index (χ4v) is 2.98. The van der Waals surface area contributed by atoms with E-state index in [4.69, 9.17) is 17.3 Å². The van der Waals surface area contributed by atoms with Gasteiger partial charge in [0, 0.05) is 25.9 Å². The molecule has 0 aliphatic heterocycles. The first-order valence-electron chi connectivity index (χ1n) is 6.80. The van der Waals surface area contributed by atoms with Crippen LogP contribution in [0.3, 0.4) is 0 Å². The molecule has 0 radical (unpaired) electrons. The summed E-state index contributed by atoms with van der Waals surface area (Å²) in [5.41, 5.74) is 8.17. The number of anilines is 1. The molecule has 0 unspecified atom stereocenters. The number of benzene rings is 2. The summed E-state index contributed by atoms with van der Waals surface area (Å²) >= 11 is 6.22. The molecule has 0 saturated heterocycles. The summed E-state index contributed by atoms with van der Waals surface area (Å²) in [7, 11) is 0.588. The van der Waals surface area contributed by atoms with E-state index in [9.17, 15) is 8.42 Å². The van der Waals surface area contributed by atoms with Gasteiger partial charge in [0.25, 0.3) is 0 Å². The Hall–Kier alpha value is -2.05. The maximum atomic E-state index is 11.4. The van der Waals surface area contributed by atoms with Crippen LogP contribution < -0.4 is 10.6 Å². The van der Waals surface area contributed by atoms with Gasteiger partial charge in [-0.25, -0.2) is 13.4 Å². The van der Waals surface area contributed by atoms with Crippen LogP contribution >= 0.6 is 11.6 Å². The number of amidine groups is 1. The highest BCUT2D eigenvalue weighted by Gasteiger charge is 2.08. The lowest BCUT2D eigenvalue weighted by Gasteiger charge is -2.15. The van der Waals surface area contributed by atoms with Crippen molar-refractivity contribution in [2.24, 2.45) is 10.7 Å². The number of halogens is 1. The molecule has 2 aromatic rings. The first-order valence-corrected chi connectivity index (χ1v) is 9.07. The fraction of sp³-hybridized carbons (Fsp3) is 0.188. The minimum absolute atomic E-state index is 0.244. The largest absolute Gasteiger partial charge is 0.383 e. The Balaban J connectivity index is 2.31. The van der Waals surface area contributed by atoms with E-state index in [1.807, 2.05) is 31.1 Å². The molecule has 5 nitrogen and oxygen atoms in total. The van der Waals surface area contributed by atoms with Gasteiger partial charge in [-0.15, -0.1) is 0 Å². The fourth-order valence-electron chi connectivity index (χ4n) is 2.00. The van der Waals surface area contributed by atoms with Gasteiger partial charge in [0.2, 0.25) is 0 Å². The third-order valence-electron chi connectivity index (χ3n) is 3.24. The quantitative estimate of drug-likeness (QED) is 0.678. The minimum atomic E-state index is -3.22. The van der Waals surface area contributed by atoms with E-state index in [0.717, 1.165) is 11.9 Å². The van der Waals surface area contributed by atoms with Gasteiger partial charge in [-0.2, -0.15) is 0 Å². The van der Waals surface area contributed by atoms with Gasteiger partial charge < -0.3 is 10.6 Å². The highest BCUT2D eigenvalue weighted by atomic mass is 35.5. The van der Waals surface area contributed by atoms with Crippen molar-refractivity contribution in [1.82, 2.24) is 0 Å². The number of nitrogens with zero attached hydrogens (tertiary/aromatic N) is 2. The Morgan fingerprint density at radius 1 is 1.13 bits per heavy atom. The predicted octanol–water partition coefficient (Wildman–Crippen LogP) is 2.85. The van der Waals surface area contributed by atoms with Crippen LogP contribution in [0.25, 0.3) is 0 Å². The molecule has 2 aromatic carbocycles. The smallest absolute Gasteiger partial charge is 0.175 e. The van der Waals surface area contributed by atoms with Gasteiger partial charge >= 0.3 is 0 Å². The molecule has 122 valence electrons. The average Bonchev–Trinajstić information content (AvgIpc) is 2.46. The van der Waals surface area contributed by atoms with Crippen LogP contribution in [-0.4, -0.2) is 34.6 Å². The van der Waals surface area contributed by atoms with Crippen LogP contribution in [0.15, 0.2) is 52.4 Å². The Morgan fingerprint density at radius 2 is 1.74 bits per heavy atom. The molecule has 0 aliphatic rings. The van der Waals surface area contributed by atoms with Crippen LogP contribution in [0.4, 0.5) is 11.4 Å². The summed E-state index contributed by atoms with van der Waals surface area (Å²) in [6.07, 6.45) is 1.16. The molecule has 2 rings (SSSR count). The topological polar surface area (TPSA) is 75.8 Å². The number of hydrogen-bond acceptors (Lipinski definition) is 4. The monoisotopic (exact) mass is 351 g/mol. The van der Waals surface area contributed by atoms with E-state index in [2.05, 4.69) is 4.99 Å². The van der Waals surface area contributed by atoms with Crippen LogP contribution in [0, 0.1) is 0 Å². The molecule has 0 fully saturated rings. The molecule has 0 aromatic heterocycles. The molecule has 0 atom stereocenters. The van der Waals surface area contributed by atoms with E-state index < -0.39 is 9.84 Å². The molecule has 0 saturated carbocycles. The number of hydrogen-bond donors (Lipinski definition) is 1. The third-order valence-corrected chi connectivity index (χ3v) is 4.67. The normalized spacial score (nSPS) is 12.3. The standard InChI is InChI=1S/C16H18ClN3O2S/c1-20(2)15-9-4-11(10-14(15)17)16(18)19-12-5-7-13(8-6-12)23(3,21)22/h4-10H,1-3H3,(H2,18,19). The molecular formula is C16H18ClN3O2S. The second-order valence-electron chi connectivity index (χ2n) is 5.32. The van der Waals surface area contributed by atoms with Crippen molar-refractivity contribution in [3.8, 4) is 0 Å². The van der Waals surface area contributed by atoms with Crippen molar-refractivity contribution in [3.63, 3.8) is 0 Å². The second kappa shape index (κ2) is 6.60. The first-order chi connectivity index (χ1) is 10.7. The van der Waals surface area contributed by atoms with Crippen molar-refractivity contribution in [1.29, 1.82) is 0 Å². The zero-order chi connectivity index (χ0) is 17.2. The Labute approximate surface area is 141 Å². The van der Waals surface area contributed by atoms with E-state index in [0.29, 0.717) is 22.1 Å². The Bertz CT molecular complexity index is 844. The van der Waals surface area contributed by atoms with E-state index >= 15 is 0 Å². The van der Waals surface area contributed by atoms with Crippen LogP contribution in [0.2, 0.25) is 5.02 Å². The van der Waals surface area contributed by atoms with Gasteiger partial charge in [0.05, 0.1) is 21.3 Å². The van der Waals surface area contributed by atoms with E-state index in [1.54, 1.807) is 18.2 Å². The zero-order valence-electron chi connectivity index (χ0n) is 13.1. The lowest BCUT2D eigenvalue weighted by molar-refractivity contribution is 0.602. The number of aliphatic imine (C=N–C) groups is 1. The summed E-state index contributed by atoms with van der Waals surface area (Å²) in [4.78, 5) is 6.45. The average molecular weight is 352 g/mol. The lowest BCUT2D eigenvalue weighted by Crippen LogP contribution is -2.14. The molecule has 0 aliphatic carbocycles. The van der Waals surface area contributed by atoms with E-state index in [-0.39, 0.29) is 4.90 Å². The van der Waals surface area contributed by atoms with Crippen LogP contribution in [0.5, 0.6) is 0 Å². The predicted molar refractivity (Wildman–Crippen MR) is 95.7 cm³/mol. The summed E-state index contributed by atoms with van der Waals surface area (Å²) in [5.74, 6) is 0.310. The van der Waals surface area contributed by atoms with Gasteiger partial charge in [-0.1, -0.05) is 11.6 Å². The molecule has 0 bridgehead atoms. The van der Waals surface area contributed by atoms with Crippen molar-refractivity contribution in [2.45, 2.75) is 4.90 Å². The summed E-state index contributed by atoms with van der Waals surface area (Å²) in [6, 6.07) is 11.7. The van der Waals surface area contributed by atoms with E-state index in [1.165, 1.54) is 12.1 Å². The molecule has 7 heteroatoms. The van der Waals surface area contributed by atoms with Gasteiger partial charge in [-0.3, -0.25) is 0 Å². The third kappa shape index (κ3) is 4.24. The van der Waals surface area contributed by atoms with Gasteiger partial charge in [-0.05, 0) is 42.5 Å². The van der Waals surface area contributed by atoms with Crippen molar-refractivity contribution >= 4 is 38.6 Å². The number of nitrogens with two attached hydrogens (primary N) is 1. The van der Waals surface area contributed by atoms with Crippen LogP contribution in [0.1, 0.15) is 5.56 Å². The highest BCUT2D eigenvalue weighted by Crippen LogP contribution is 2.25. The SMILES string of the molecule is CN(C)c1ccc(C(N)=Nc2ccc(S(C)(=O)=O)cc2)cc1Cl. The molecule has 2 N–H and O–H groups in total. The Morgan fingerprint density at radius 3 is 2.22 bits per heavy atom. The summed E-state index contributed by atoms with van der Waals surface area (Å²) in [5, 5.41) is 0.582. The maximum Gasteiger partial charge on any atom is 0.175 e. The second-order valence-corrected chi connectivity index (χ2v) is 7.75. The maximum absolute atomic E-state index is 11.4. The highest BCUT2D eigenvalue weighted by molar-refractivity contribution is 7.90. The van der Waals surface area contributed by atoms with Crippen LogP contribution in [-0.2, 0) is 9.84 Å². The molecule has 23 heavy (non-hydrogen) atoms. The first kappa shape index (κ1) is 17.3. The Kier molecular flexibility index (Phi) is 4.97. The molecule has 0 amide bonds. The number of rotatable bonds is 4. The van der Waals surface area contributed by atoms with Crippen molar-refractivity contribution < 1.29 is 8.42 Å². The lowest BCUT2D eigenvalue weighted by atomic mass is 10.2. The van der Waals surface area contributed by atoms with Crippen molar-refractivity contribution in [3.05, 3.63) is 53.1 Å². The summed E-state index contributed by atoms with van der Waals surface area (Å²) in [6.45, 7) is 0.